The highest BCUT2D eigenvalue weighted by Gasteiger charge is 2.36. The van der Waals surface area contributed by atoms with Crippen molar-refractivity contribution < 1.29 is 31.5 Å². The lowest BCUT2D eigenvalue weighted by molar-refractivity contribution is -0.136. The minimum atomic E-state index is -4.71. The van der Waals surface area contributed by atoms with Gasteiger partial charge in [0.2, 0.25) is 5.91 Å². The molecule has 2 aromatic heterocycles. The monoisotopic (exact) mass is 574 g/mol. The van der Waals surface area contributed by atoms with E-state index in [2.05, 4.69) is 5.10 Å². The van der Waals surface area contributed by atoms with Crippen LogP contribution in [0.2, 0.25) is 0 Å². The van der Waals surface area contributed by atoms with Crippen LogP contribution in [0.5, 0.6) is 0 Å². The molecular weight excluding hydrogens is 539 g/mol. The highest BCUT2D eigenvalue weighted by Crippen LogP contribution is 2.35. The first-order chi connectivity index (χ1) is 18.7. The van der Waals surface area contributed by atoms with Gasteiger partial charge in [0.15, 0.2) is 0 Å². The number of halogens is 5. The Kier molecular flexibility index (Phi) is 9.98. The second-order valence-corrected chi connectivity index (χ2v) is 9.87. The van der Waals surface area contributed by atoms with Gasteiger partial charge < -0.3 is 24.8 Å². The number of nitrogens with zero attached hydrogens (tertiary/aromatic N) is 4. The summed E-state index contributed by atoms with van der Waals surface area (Å²) in [7, 11) is 0. The number of H-pyrrole nitrogens is 1. The van der Waals surface area contributed by atoms with Gasteiger partial charge in [-0.05, 0) is 25.0 Å². The Morgan fingerprint density at radius 3 is 2.40 bits per heavy atom. The normalized spacial score (nSPS) is 16.6. The Labute approximate surface area is 228 Å². The van der Waals surface area contributed by atoms with Crippen molar-refractivity contribution in [2.75, 3.05) is 39.4 Å². The standard InChI is InChI=1S/C26H35F5N6O3/c1-4-5-18(25(3,27)28)6-7-21(32)35-9-11-36(12-10-35)22(38)8-13-40-16-17(2)37-15-19(26(29,30)31)23-20(37)14-33-34-24(23)39/h6-7,14-15,17H,4-5,8-13,16,32H2,1-3H3,(H,34,39)/b18-6+,21-7+. The minimum absolute atomic E-state index is 0.0113. The van der Waals surface area contributed by atoms with Crippen LogP contribution >= 0.6 is 0 Å². The smallest absolute Gasteiger partial charge is 0.385 e. The third kappa shape index (κ3) is 7.61. The van der Waals surface area contributed by atoms with Crippen molar-refractivity contribution in [2.45, 2.75) is 58.2 Å². The number of allylic oxidation sites excluding steroid dienone is 3. The summed E-state index contributed by atoms with van der Waals surface area (Å²) in [4.78, 5) is 28.1. The number of amides is 1. The molecule has 1 fully saturated rings. The lowest BCUT2D eigenvalue weighted by Gasteiger charge is -2.36. The first-order valence-electron chi connectivity index (χ1n) is 13.0. The number of piperazine rings is 1. The van der Waals surface area contributed by atoms with E-state index in [4.69, 9.17) is 10.5 Å². The largest absolute Gasteiger partial charge is 0.418 e. The van der Waals surface area contributed by atoms with Gasteiger partial charge in [0.1, 0.15) is 0 Å². The van der Waals surface area contributed by atoms with Crippen LogP contribution in [-0.4, -0.2) is 75.8 Å². The van der Waals surface area contributed by atoms with E-state index in [9.17, 15) is 31.5 Å². The summed E-state index contributed by atoms with van der Waals surface area (Å²) in [6, 6.07) is -0.560. The van der Waals surface area contributed by atoms with E-state index in [0.29, 0.717) is 38.4 Å². The number of carbonyl (C=O) groups is 1. The Hall–Kier alpha value is -3.42. The fraction of sp³-hybridized carbons (Fsp3) is 0.577. The fourth-order valence-corrected chi connectivity index (χ4v) is 4.57. The summed E-state index contributed by atoms with van der Waals surface area (Å²) in [6.07, 6.45) is 1.10. The SMILES string of the molecule is CCC/C(=C\C=C(/N)N1CCN(C(=O)CCOCC(C)n2cc(C(F)(F)F)c3c(=O)[nH]ncc32)CC1)C(C)(F)F. The number of nitrogens with one attached hydrogen (secondary N) is 1. The average molecular weight is 575 g/mol. The number of nitrogens with two attached hydrogens (primary N) is 1. The summed E-state index contributed by atoms with van der Waals surface area (Å²) in [5.41, 5.74) is 4.15. The van der Waals surface area contributed by atoms with E-state index in [-0.39, 0.29) is 43.1 Å². The number of ether oxygens (including phenoxy) is 1. The highest BCUT2D eigenvalue weighted by atomic mass is 19.4. The molecule has 1 aliphatic heterocycles. The summed E-state index contributed by atoms with van der Waals surface area (Å²) >= 11 is 0. The van der Waals surface area contributed by atoms with Crippen LogP contribution < -0.4 is 11.3 Å². The van der Waals surface area contributed by atoms with Gasteiger partial charge in [-0.25, -0.2) is 13.9 Å². The molecule has 0 aliphatic carbocycles. The molecule has 1 saturated heterocycles. The second-order valence-electron chi connectivity index (χ2n) is 9.87. The van der Waals surface area contributed by atoms with Gasteiger partial charge in [-0.15, -0.1) is 0 Å². The molecule has 222 valence electrons. The molecule has 3 heterocycles. The number of hydrogen-bond donors (Lipinski definition) is 2. The number of fused-ring (bicyclic) bond motifs is 1. The highest BCUT2D eigenvalue weighted by molar-refractivity contribution is 5.83. The van der Waals surface area contributed by atoms with Gasteiger partial charge >= 0.3 is 6.18 Å². The van der Waals surface area contributed by atoms with Crippen molar-refractivity contribution in [2.24, 2.45) is 5.73 Å². The third-order valence-corrected chi connectivity index (χ3v) is 6.79. The number of carbonyl (C=O) groups excluding carboxylic acids is 1. The molecule has 0 bridgehead atoms. The van der Waals surface area contributed by atoms with Gasteiger partial charge in [0.25, 0.3) is 11.5 Å². The molecule has 0 aromatic carbocycles. The van der Waals surface area contributed by atoms with E-state index in [0.717, 1.165) is 19.3 Å². The van der Waals surface area contributed by atoms with Crippen LogP contribution in [0.25, 0.3) is 10.9 Å². The zero-order valence-electron chi connectivity index (χ0n) is 22.7. The molecule has 9 nitrogen and oxygen atoms in total. The summed E-state index contributed by atoms with van der Waals surface area (Å²) < 4.78 is 74.7. The number of rotatable bonds is 11. The quantitative estimate of drug-likeness (QED) is 0.238. The van der Waals surface area contributed by atoms with Crippen LogP contribution in [0.15, 0.2) is 40.7 Å². The molecule has 14 heteroatoms. The molecule has 1 amide bonds. The van der Waals surface area contributed by atoms with Gasteiger partial charge in [-0.2, -0.15) is 18.3 Å². The Bertz CT molecular complexity index is 1290. The Balaban J connectivity index is 1.49. The number of aromatic nitrogens is 3. The maximum Gasteiger partial charge on any atom is 0.418 e. The molecule has 2 aromatic rings. The first kappa shape index (κ1) is 31.1. The van der Waals surface area contributed by atoms with Crippen molar-refractivity contribution in [1.82, 2.24) is 24.6 Å². The van der Waals surface area contributed by atoms with Crippen LogP contribution in [0.1, 0.15) is 51.6 Å². The van der Waals surface area contributed by atoms with E-state index >= 15 is 0 Å². The molecule has 40 heavy (non-hydrogen) atoms. The van der Waals surface area contributed by atoms with Crippen molar-refractivity contribution in [1.29, 1.82) is 0 Å². The molecule has 0 radical (unpaired) electrons. The minimum Gasteiger partial charge on any atom is -0.385 e. The molecule has 1 atom stereocenters. The topological polar surface area (TPSA) is 109 Å². The lowest BCUT2D eigenvalue weighted by Crippen LogP contribution is -2.49. The lowest BCUT2D eigenvalue weighted by atomic mass is 10.0. The second kappa shape index (κ2) is 12.8. The van der Waals surface area contributed by atoms with Crippen molar-refractivity contribution in [3.05, 3.63) is 51.9 Å². The summed E-state index contributed by atoms with van der Waals surface area (Å²) in [5.74, 6) is -2.71. The first-order valence-corrected chi connectivity index (χ1v) is 13.0. The van der Waals surface area contributed by atoms with Gasteiger partial charge in [-0.3, -0.25) is 9.59 Å². The predicted molar refractivity (Wildman–Crippen MR) is 140 cm³/mol. The molecule has 3 N–H and O–H groups in total. The average Bonchev–Trinajstić information content (AvgIpc) is 3.30. The molecule has 0 saturated carbocycles. The van der Waals surface area contributed by atoms with E-state index in [1.54, 1.807) is 11.8 Å². The van der Waals surface area contributed by atoms with Crippen molar-refractivity contribution >= 4 is 16.8 Å². The zero-order valence-corrected chi connectivity index (χ0v) is 22.7. The third-order valence-electron chi connectivity index (χ3n) is 6.79. The zero-order chi connectivity index (χ0) is 29.7. The molecule has 1 unspecified atom stereocenters. The van der Waals surface area contributed by atoms with Crippen LogP contribution in [0.3, 0.4) is 0 Å². The number of aromatic amines is 1. The van der Waals surface area contributed by atoms with Crippen LogP contribution in [-0.2, 0) is 15.7 Å². The molecule has 0 spiro atoms. The van der Waals surface area contributed by atoms with Gasteiger partial charge in [-0.1, -0.05) is 19.4 Å². The van der Waals surface area contributed by atoms with Crippen molar-refractivity contribution in [3.63, 3.8) is 0 Å². The van der Waals surface area contributed by atoms with E-state index in [1.165, 1.54) is 16.7 Å². The predicted octanol–water partition coefficient (Wildman–Crippen LogP) is 4.04. The van der Waals surface area contributed by atoms with Gasteiger partial charge in [0, 0.05) is 39.3 Å². The Morgan fingerprint density at radius 1 is 1.15 bits per heavy atom. The summed E-state index contributed by atoms with van der Waals surface area (Å²) in [5, 5.41) is 5.15. The molecule has 3 rings (SSSR count). The van der Waals surface area contributed by atoms with Crippen LogP contribution in [0, 0.1) is 0 Å². The van der Waals surface area contributed by atoms with Gasteiger partial charge in [0.05, 0.1) is 54.2 Å². The fourth-order valence-electron chi connectivity index (χ4n) is 4.57. The maximum absolute atomic E-state index is 13.7. The number of alkyl halides is 5. The maximum atomic E-state index is 13.7. The summed E-state index contributed by atoms with van der Waals surface area (Å²) in [6.45, 7) is 6.09. The molecular formula is C26H35F5N6O3. The number of hydrogen-bond acceptors (Lipinski definition) is 6. The van der Waals surface area contributed by atoms with E-state index < -0.39 is 34.6 Å². The molecule has 1 aliphatic rings. The van der Waals surface area contributed by atoms with Crippen LogP contribution in [0.4, 0.5) is 22.0 Å². The Morgan fingerprint density at radius 2 is 1.80 bits per heavy atom. The van der Waals surface area contributed by atoms with Crippen molar-refractivity contribution in [3.8, 4) is 0 Å². The van der Waals surface area contributed by atoms with E-state index in [1.807, 2.05) is 16.9 Å².